The summed E-state index contributed by atoms with van der Waals surface area (Å²) in [6.07, 6.45) is 1.68. The maximum absolute atomic E-state index is 5.96. The molecule has 0 aromatic heterocycles. The minimum atomic E-state index is 0.753. The van der Waals surface area contributed by atoms with Gasteiger partial charge in [0.15, 0.2) is 0 Å². The molecule has 0 amide bonds. The van der Waals surface area contributed by atoms with Crippen molar-refractivity contribution in [2.24, 2.45) is 0 Å². The van der Waals surface area contributed by atoms with Crippen LogP contribution in [-0.4, -0.2) is 7.11 Å². The zero-order valence-corrected chi connectivity index (χ0v) is 7.93. The molecule has 0 N–H and O–H groups in total. The SMILES string of the molecule is CO/C=C(\C)c1ccccc1Cl. The largest absolute Gasteiger partial charge is 0.504 e. The number of ether oxygens (including phenoxy) is 1. The number of hydrogen-bond acceptors (Lipinski definition) is 1. The first kappa shape index (κ1) is 9.14. The fourth-order valence-corrected chi connectivity index (χ4v) is 1.31. The van der Waals surface area contributed by atoms with Gasteiger partial charge in [0.1, 0.15) is 0 Å². The van der Waals surface area contributed by atoms with E-state index in [-0.39, 0.29) is 0 Å². The molecule has 0 aliphatic carbocycles. The Morgan fingerprint density at radius 1 is 1.42 bits per heavy atom. The van der Waals surface area contributed by atoms with Gasteiger partial charge in [-0.15, -0.1) is 0 Å². The predicted molar refractivity (Wildman–Crippen MR) is 52.1 cm³/mol. The third-order valence-corrected chi connectivity index (χ3v) is 1.92. The van der Waals surface area contributed by atoms with Crippen LogP contribution in [0, 0.1) is 0 Å². The molecule has 1 aromatic rings. The lowest BCUT2D eigenvalue weighted by Gasteiger charge is -2.02. The van der Waals surface area contributed by atoms with E-state index in [1.165, 1.54) is 0 Å². The molecule has 0 saturated carbocycles. The van der Waals surface area contributed by atoms with Crippen LogP contribution in [-0.2, 0) is 4.74 Å². The van der Waals surface area contributed by atoms with Gasteiger partial charge in [-0.25, -0.2) is 0 Å². The Morgan fingerprint density at radius 2 is 2.08 bits per heavy atom. The Hall–Kier alpha value is -0.950. The minimum Gasteiger partial charge on any atom is -0.504 e. The van der Waals surface area contributed by atoms with Gasteiger partial charge in [0.25, 0.3) is 0 Å². The first-order valence-corrected chi connectivity index (χ1v) is 4.08. The van der Waals surface area contributed by atoms with Gasteiger partial charge in [-0.2, -0.15) is 0 Å². The van der Waals surface area contributed by atoms with Crippen LogP contribution < -0.4 is 0 Å². The molecule has 0 radical (unpaired) electrons. The molecule has 0 saturated heterocycles. The molecule has 0 aliphatic rings. The summed E-state index contributed by atoms with van der Waals surface area (Å²) in [6, 6.07) is 7.69. The van der Waals surface area contributed by atoms with E-state index >= 15 is 0 Å². The average Bonchev–Trinajstić information content (AvgIpc) is 2.05. The van der Waals surface area contributed by atoms with Crippen molar-refractivity contribution in [3.05, 3.63) is 41.1 Å². The zero-order valence-electron chi connectivity index (χ0n) is 7.17. The van der Waals surface area contributed by atoms with Crippen molar-refractivity contribution >= 4 is 17.2 Å². The second-order valence-corrected chi connectivity index (χ2v) is 2.92. The van der Waals surface area contributed by atoms with E-state index < -0.39 is 0 Å². The smallest absolute Gasteiger partial charge is 0.0860 e. The van der Waals surface area contributed by atoms with Crippen LogP contribution >= 0.6 is 11.6 Å². The normalized spacial score (nSPS) is 11.4. The first-order valence-electron chi connectivity index (χ1n) is 3.70. The zero-order chi connectivity index (χ0) is 8.97. The number of methoxy groups -OCH3 is 1. The van der Waals surface area contributed by atoms with Crippen molar-refractivity contribution in [1.82, 2.24) is 0 Å². The molecule has 2 heteroatoms. The summed E-state index contributed by atoms with van der Waals surface area (Å²) in [4.78, 5) is 0. The molecule has 0 atom stereocenters. The molecule has 64 valence electrons. The van der Waals surface area contributed by atoms with Crippen LogP contribution in [0.25, 0.3) is 5.57 Å². The quantitative estimate of drug-likeness (QED) is 0.638. The van der Waals surface area contributed by atoms with Gasteiger partial charge in [-0.1, -0.05) is 29.8 Å². The van der Waals surface area contributed by atoms with E-state index in [0.29, 0.717) is 0 Å². The summed E-state index contributed by atoms with van der Waals surface area (Å²) in [5, 5.41) is 0.753. The van der Waals surface area contributed by atoms with Crippen molar-refractivity contribution in [1.29, 1.82) is 0 Å². The molecule has 0 fully saturated rings. The first-order chi connectivity index (χ1) is 5.75. The topological polar surface area (TPSA) is 9.23 Å². The predicted octanol–water partition coefficient (Wildman–Crippen LogP) is 3.35. The lowest BCUT2D eigenvalue weighted by atomic mass is 10.1. The number of benzene rings is 1. The molecule has 0 unspecified atom stereocenters. The summed E-state index contributed by atoms with van der Waals surface area (Å²) in [5.41, 5.74) is 2.05. The van der Waals surface area contributed by atoms with Gasteiger partial charge in [-0.3, -0.25) is 0 Å². The van der Waals surface area contributed by atoms with Crippen molar-refractivity contribution in [2.75, 3.05) is 7.11 Å². The highest BCUT2D eigenvalue weighted by Gasteiger charge is 1.99. The number of rotatable bonds is 2. The maximum atomic E-state index is 5.96. The van der Waals surface area contributed by atoms with Gasteiger partial charge in [0.2, 0.25) is 0 Å². The van der Waals surface area contributed by atoms with Crippen molar-refractivity contribution in [2.45, 2.75) is 6.92 Å². The molecule has 1 aromatic carbocycles. The molecule has 1 nitrogen and oxygen atoms in total. The Labute approximate surface area is 77.6 Å². The number of allylic oxidation sites excluding steroid dienone is 1. The van der Waals surface area contributed by atoms with Gasteiger partial charge < -0.3 is 4.74 Å². The number of halogens is 1. The van der Waals surface area contributed by atoms with Crippen LogP contribution in [0.15, 0.2) is 30.5 Å². The highest BCUT2D eigenvalue weighted by atomic mass is 35.5. The lowest BCUT2D eigenvalue weighted by molar-refractivity contribution is 0.339. The van der Waals surface area contributed by atoms with E-state index in [4.69, 9.17) is 16.3 Å². The van der Waals surface area contributed by atoms with Gasteiger partial charge >= 0.3 is 0 Å². The van der Waals surface area contributed by atoms with Crippen molar-refractivity contribution in [3.8, 4) is 0 Å². The molecule has 1 rings (SSSR count). The Balaban J connectivity index is 3.02. The Morgan fingerprint density at radius 3 is 2.67 bits per heavy atom. The monoisotopic (exact) mass is 182 g/mol. The minimum absolute atomic E-state index is 0.753. The highest BCUT2D eigenvalue weighted by Crippen LogP contribution is 2.22. The lowest BCUT2D eigenvalue weighted by Crippen LogP contribution is -1.81. The summed E-state index contributed by atoms with van der Waals surface area (Å²) in [7, 11) is 1.63. The van der Waals surface area contributed by atoms with Gasteiger partial charge in [0.05, 0.1) is 13.4 Å². The van der Waals surface area contributed by atoms with Crippen LogP contribution in [0.3, 0.4) is 0 Å². The fraction of sp³-hybridized carbons (Fsp3) is 0.200. The molecule has 12 heavy (non-hydrogen) atoms. The second kappa shape index (κ2) is 4.17. The van der Waals surface area contributed by atoms with Crippen LogP contribution in [0.2, 0.25) is 5.02 Å². The standard InChI is InChI=1S/C10H11ClO/c1-8(7-12-2)9-5-3-4-6-10(9)11/h3-7H,1-2H3/b8-7+. The fourth-order valence-electron chi connectivity index (χ4n) is 1.02. The highest BCUT2D eigenvalue weighted by molar-refractivity contribution is 6.32. The molecule has 0 bridgehead atoms. The van der Waals surface area contributed by atoms with Crippen LogP contribution in [0.1, 0.15) is 12.5 Å². The third kappa shape index (κ3) is 2.02. The summed E-state index contributed by atoms with van der Waals surface area (Å²) < 4.78 is 4.89. The van der Waals surface area contributed by atoms with Gasteiger partial charge in [-0.05, 0) is 24.1 Å². The Kier molecular flexibility index (Phi) is 3.18. The van der Waals surface area contributed by atoms with E-state index in [1.807, 2.05) is 31.2 Å². The summed E-state index contributed by atoms with van der Waals surface area (Å²) in [5.74, 6) is 0. The van der Waals surface area contributed by atoms with Crippen molar-refractivity contribution in [3.63, 3.8) is 0 Å². The summed E-state index contributed by atoms with van der Waals surface area (Å²) >= 11 is 5.96. The van der Waals surface area contributed by atoms with E-state index in [9.17, 15) is 0 Å². The second-order valence-electron chi connectivity index (χ2n) is 2.52. The average molecular weight is 183 g/mol. The van der Waals surface area contributed by atoms with E-state index in [2.05, 4.69) is 0 Å². The molecule has 0 aliphatic heterocycles. The van der Waals surface area contributed by atoms with Crippen LogP contribution in [0.4, 0.5) is 0 Å². The molecular formula is C10H11ClO. The molecular weight excluding hydrogens is 172 g/mol. The molecule has 0 heterocycles. The van der Waals surface area contributed by atoms with Crippen LogP contribution in [0.5, 0.6) is 0 Å². The summed E-state index contributed by atoms with van der Waals surface area (Å²) in [6.45, 7) is 1.96. The Bertz CT molecular complexity index is 292. The molecule has 0 spiro atoms. The van der Waals surface area contributed by atoms with E-state index in [0.717, 1.165) is 16.2 Å². The number of hydrogen-bond donors (Lipinski definition) is 0. The van der Waals surface area contributed by atoms with Gasteiger partial charge in [0, 0.05) is 5.02 Å². The third-order valence-electron chi connectivity index (χ3n) is 1.59. The van der Waals surface area contributed by atoms with Crippen molar-refractivity contribution < 1.29 is 4.74 Å². The maximum Gasteiger partial charge on any atom is 0.0860 e. The van der Waals surface area contributed by atoms with E-state index in [1.54, 1.807) is 13.4 Å².